The lowest BCUT2D eigenvalue weighted by molar-refractivity contribution is 0.0152. The van der Waals surface area contributed by atoms with Crippen LogP contribution in [0.1, 0.15) is 351 Å². The number of hydrogen-bond donors (Lipinski definition) is 7. The first-order valence-electron chi connectivity index (χ1n) is 52.4. The molecule has 0 bridgehead atoms. The molecule has 6 aromatic heterocycles. The molecule has 7 amide bonds. The van der Waals surface area contributed by atoms with Gasteiger partial charge in [-0.15, -0.1) is 0 Å². The van der Waals surface area contributed by atoms with Crippen LogP contribution in [0.15, 0.2) is 63.5 Å². The largest absolute Gasteiger partial charge is 0.444 e. The highest BCUT2D eigenvalue weighted by Crippen LogP contribution is 2.45. The molecule has 0 spiro atoms. The molecule has 778 valence electrons. The fourth-order valence-electron chi connectivity index (χ4n) is 21.1. The molecule has 39 heteroatoms. The molecule has 141 heavy (non-hydrogen) atoms. The second-order valence-electron chi connectivity index (χ2n) is 45.3. The summed E-state index contributed by atoms with van der Waals surface area (Å²) in [5.41, 5.74) is 0.872. The number of nitrogens with one attached hydrogen (secondary N) is 6. The summed E-state index contributed by atoms with van der Waals surface area (Å²) < 4.78 is 71.6. The quantitative estimate of drug-likeness (QED) is 0.0236. The SMILES string of the molecule is C=S1(=O)CCC(N2C[C@@H](C)[C@H](NC(=O)c3cc(C4CC4)on3)C2)CC1.CC(C)N1C[C@@H](NC(=O)c2cc(C3CC3)on2)[C@@](C)(O)C1.CCCN1C[C@@H](C)[C@H](NC(=O)c2cc(C3CC3)on2)C1.C[C@@H]1CN(C2CCCC2)C[C@H]1NC(=O)c1cc(C2CC2)on1.C[C@@H]1CN(C2CCN(C(=O)OC(C)(C)C)CC2)C[C@H]1NC(=O)c1cc(C2CC2)on1.C[C@@H]1CN(CCS(C)(=O)=O)C[C@H]1NC(=O)c1cc(C2CC2)on1. The number of carbonyl (C=O) groups excluding carboxylic acids is 7. The Morgan fingerprint density at radius 1 is 0.447 bits per heavy atom. The Morgan fingerprint density at radius 3 is 1.03 bits per heavy atom. The Hall–Kier alpha value is -8.96. The number of amides is 7. The van der Waals surface area contributed by atoms with Crippen molar-refractivity contribution < 1.29 is 83.2 Å². The van der Waals surface area contributed by atoms with E-state index in [9.17, 15) is 51.3 Å². The number of likely N-dealkylation sites (tertiary alicyclic amines) is 7. The van der Waals surface area contributed by atoms with E-state index in [1.54, 1.807) is 37.3 Å². The average Bonchev–Trinajstić information content (AvgIpc) is 1.61. The van der Waals surface area contributed by atoms with Crippen LogP contribution < -0.4 is 31.9 Å². The third-order valence-corrected chi connectivity index (χ3v) is 33.9. The van der Waals surface area contributed by atoms with Crippen LogP contribution in [-0.2, 0) is 24.1 Å². The van der Waals surface area contributed by atoms with Crippen LogP contribution in [0, 0.1) is 29.6 Å². The number of aliphatic hydroxyl groups is 1. The number of piperidine rings is 1. The lowest BCUT2D eigenvalue weighted by atomic mass is 10.0. The molecule has 8 aliphatic heterocycles. The van der Waals surface area contributed by atoms with Gasteiger partial charge >= 0.3 is 6.09 Å². The first-order chi connectivity index (χ1) is 67.2. The summed E-state index contributed by atoms with van der Waals surface area (Å²) in [6.45, 7) is 38.0. The van der Waals surface area contributed by atoms with Gasteiger partial charge in [0, 0.05) is 242 Å². The zero-order valence-electron chi connectivity index (χ0n) is 85.1. The molecule has 7 N–H and O–H groups in total. The Morgan fingerprint density at radius 2 is 0.738 bits per heavy atom. The van der Waals surface area contributed by atoms with Crippen molar-refractivity contribution in [1.82, 2.24) is 97.1 Å². The first kappa shape index (κ1) is 105. The third kappa shape index (κ3) is 29.3. The van der Waals surface area contributed by atoms with Gasteiger partial charge in [0.15, 0.2) is 34.2 Å². The predicted octanol–water partition coefficient (Wildman–Crippen LogP) is 10.8. The van der Waals surface area contributed by atoms with Gasteiger partial charge in [-0.2, -0.15) is 0 Å². The van der Waals surface area contributed by atoms with Crippen LogP contribution in [0.3, 0.4) is 0 Å². The van der Waals surface area contributed by atoms with Crippen molar-refractivity contribution in [3.05, 3.63) is 105 Å². The first-order valence-corrected chi connectivity index (χ1v) is 56.6. The molecule has 0 radical (unpaired) electrons. The van der Waals surface area contributed by atoms with E-state index in [0.717, 1.165) is 227 Å². The molecule has 14 heterocycles. The number of ether oxygens (including phenoxy) is 1. The molecule has 0 aromatic carbocycles. The number of nitrogens with zero attached hydrogens (tertiary/aromatic N) is 13. The molecule has 12 atom stereocenters. The molecular formula is C102H155N19O18S2. The summed E-state index contributed by atoms with van der Waals surface area (Å²) in [4.78, 5) is 102. The zero-order valence-corrected chi connectivity index (χ0v) is 86.7. The molecule has 7 aliphatic carbocycles. The minimum absolute atomic E-state index is 0.00290. The van der Waals surface area contributed by atoms with Crippen LogP contribution in [0.2, 0.25) is 0 Å². The van der Waals surface area contributed by atoms with Gasteiger partial charge in [-0.25, -0.2) is 13.2 Å². The lowest BCUT2D eigenvalue weighted by Gasteiger charge is -2.37. The van der Waals surface area contributed by atoms with Crippen molar-refractivity contribution in [3.8, 4) is 0 Å². The monoisotopic (exact) mass is 2000 g/mol. The molecule has 37 nitrogen and oxygen atoms in total. The second kappa shape index (κ2) is 45.4. The van der Waals surface area contributed by atoms with Crippen molar-refractivity contribution >= 4 is 66.8 Å². The Kier molecular flexibility index (Phi) is 33.7. The Balaban J connectivity index is 0.000000122. The third-order valence-electron chi connectivity index (χ3n) is 31.0. The van der Waals surface area contributed by atoms with E-state index in [0.29, 0.717) is 151 Å². The molecule has 7 saturated carbocycles. The molecule has 21 rings (SSSR count). The van der Waals surface area contributed by atoms with Crippen LogP contribution >= 0.6 is 0 Å². The highest BCUT2D eigenvalue weighted by molar-refractivity contribution is 8.00. The van der Waals surface area contributed by atoms with Crippen LogP contribution in [-0.4, -0.2) is 330 Å². The number of rotatable bonds is 27. The summed E-state index contributed by atoms with van der Waals surface area (Å²) in [7, 11) is -4.81. The highest BCUT2D eigenvalue weighted by Gasteiger charge is 2.47. The maximum absolute atomic E-state index is 12.6. The van der Waals surface area contributed by atoms with E-state index in [4.69, 9.17) is 31.9 Å². The van der Waals surface area contributed by atoms with E-state index in [-0.39, 0.29) is 89.5 Å². The van der Waals surface area contributed by atoms with Gasteiger partial charge in [0.2, 0.25) is 0 Å². The second-order valence-corrected chi connectivity index (χ2v) is 50.3. The molecule has 15 aliphatic rings. The number of sulfone groups is 1. The van der Waals surface area contributed by atoms with E-state index in [1.807, 2.05) is 31.7 Å². The normalized spacial score (nSPS) is 29.2. The Labute approximate surface area is 830 Å². The fourth-order valence-corrected chi connectivity index (χ4v) is 23.3. The van der Waals surface area contributed by atoms with E-state index < -0.39 is 30.6 Å². The van der Waals surface area contributed by atoms with Gasteiger partial charge in [0.1, 0.15) is 50.0 Å². The number of hydrogen-bond acceptors (Lipinski definition) is 30. The van der Waals surface area contributed by atoms with Crippen molar-refractivity contribution in [2.75, 3.05) is 128 Å². The van der Waals surface area contributed by atoms with Crippen molar-refractivity contribution in [2.45, 2.75) is 325 Å². The topological polar surface area (TPSA) is 451 Å². The molecule has 6 aromatic rings. The average molecular weight is 2000 g/mol. The Bertz CT molecular complexity index is 5450. The van der Waals surface area contributed by atoms with Crippen molar-refractivity contribution in [2.24, 2.45) is 29.6 Å². The maximum Gasteiger partial charge on any atom is 0.410 e. The van der Waals surface area contributed by atoms with Crippen LogP contribution in [0.5, 0.6) is 0 Å². The van der Waals surface area contributed by atoms with Gasteiger partial charge in [0.05, 0.1) is 17.4 Å². The molecule has 0 unspecified atom stereocenters. The van der Waals surface area contributed by atoms with Crippen LogP contribution in [0.25, 0.3) is 0 Å². The van der Waals surface area contributed by atoms with E-state index in [1.165, 1.54) is 31.9 Å². The standard InChI is InChI=1S/C22H34N4O4.C18H27N3O3S.C17H25N3O2.C15H23N3O4S.C15H23N3O3.C15H23N3O2/c1-14-12-26(16-7-9-25(10-8-16)21(28)29-22(2,3)4)13-18(14)23-20(27)17-11-19(30-24-17)15-5-6-15;1-12-10-21(14-5-7-25(2,23)8-6-14)11-16(12)19-18(22)15-9-17(24-20-15)13-3-4-13;1-11-9-20(13-4-2-3-5-13)10-15(11)18-17(21)14-8-16(22-19-14)12-6-7-12;1-10-8-18(5-6-23(2,20)21)9-13(10)16-15(19)12-7-14(22-17-12)11-3-4-11;1-9(2)18-7-13(15(3,20)8-18)16-14(19)11-6-12(21-17-11)10-4-5-10;1-3-6-18-8-10(2)13(9-18)16-15(19)12-7-14(20-17-12)11-4-5-11/h11,14-16,18H,5-10,12-13H2,1-4H3,(H,23,27);9,12-14,16H,2-8,10-11H2,1H3,(H,19,22);8,11-13,15H,2-7,9-10H2,1H3,(H,18,21);7,10-11,13H,3-6,8-9H2,1-2H3,(H,16,19);6,9-10,13,20H,4-5,7-8H2,1-3H3,(H,16,19);7,10-11,13H,3-6,8-9H2,1-2H3,(H,16,19)/t14-,18-;12-,14?,16-,25?;11-,15-;10-,13-;13-,15+;10-,13-/m111111/s1. The fraction of sp³-hybridized carbons (Fsp3) is 0.745. The highest BCUT2D eigenvalue weighted by atomic mass is 32.2. The lowest BCUT2D eigenvalue weighted by Crippen LogP contribution is -2.50. The van der Waals surface area contributed by atoms with Gasteiger partial charge in [0.25, 0.3) is 35.4 Å². The molecule has 15 fully saturated rings. The van der Waals surface area contributed by atoms with Gasteiger partial charge in [-0.3, -0.25) is 57.5 Å². The van der Waals surface area contributed by atoms with Gasteiger partial charge in [-0.1, -0.05) is 85.3 Å². The van der Waals surface area contributed by atoms with E-state index in [2.05, 4.69) is 154 Å². The van der Waals surface area contributed by atoms with Crippen molar-refractivity contribution in [1.29, 1.82) is 0 Å². The summed E-state index contributed by atoms with van der Waals surface area (Å²) in [6.07, 6.45) is 24.8. The molecular weight excluding hydrogens is 1840 g/mol. The zero-order chi connectivity index (χ0) is 100. The summed E-state index contributed by atoms with van der Waals surface area (Å²) in [6, 6.07) is 13.0. The maximum atomic E-state index is 12.6. The van der Waals surface area contributed by atoms with E-state index >= 15 is 0 Å². The smallest absolute Gasteiger partial charge is 0.410 e. The number of β-amino-alcohol motifs (C(OH)–C–C–N with tert-alkyl or cyclic N) is 1. The minimum atomic E-state index is -2.96. The summed E-state index contributed by atoms with van der Waals surface area (Å²) in [5, 5.41) is 52.3. The van der Waals surface area contributed by atoms with Crippen LogP contribution in [0.4, 0.5) is 4.79 Å². The minimum Gasteiger partial charge on any atom is -0.444 e. The number of carbonyl (C=O) groups is 7. The predicted molar refractivity (Wildman–Crippen MR) is 530 cm³/mol. The summed E-state index contributed by atoms with van der Waals surface area (Å²) in [5.74, 6) is 14.3. The van der Waals surface area contributed by atoms with Gasteiger partial charge in [-0.05, 0) is 215 Å². The molecule has 8 saturated heterocycles. The summed E-state index contributed by atoms with van der Waals surface area (Å²) >= 11 is 0. The number of aromatic nitrogens is 6. The van der Waals surface area contributed by atoms with Gasteiger partial charge < -0.3 is 78.7 Å². The van der Waals surface area contributed by atoms with Crippen molar-refractivity contribution in [3.63, 3.8) is 0 Å².